The van der Waals surface area contributed by atoms with Crippen molar-refractivity contribution >= 4 is 0 Å². The number of ether oxygens (including phenoxy) is 2. The molecular formula is C22H29N3O2. The van der Waals surface area contributed by atoms with Gasteiger partial charge in [0.15, 0.2) is 11.5 Å². The fourth-order valence-electron chi connectivity index (χ4n) is 4.61. The molecule has 5 heteroatoms. The van der Waals surface area contributed by atoms with E-state index in [-0.39, 0.29) is 12.0 Å². The molecule has 1 aromatic carbocycles. The van der Waals surface area contributed by atoms with Crippen molar-refractivity contribution in [2.75, 3.05) is 27.3 Å². The zero-order valence-corrected chi connectivity index (χ0v) is 16.4. The van der Waals surface area contributed by atoms with Gasteiger partial charge in [0.1, 0.15) is 0 Å². The summed E-state index contributed by atoms with van der Waals surface area (Å²) in [6.45, 7) is 4.18. The van der Waals surface area contributed by atoms with Crippen molar-refractivity contribution < 1.29 is 9.47 Å². The van der Waals surface area contributed by atoms with Crippen LogP contribution in [0.5, 0.6) is 11.5 Å². The van der Waals surface area contributed by atoms with Gasteiger partial charge in [-0.3, -0.25) is 9.88 Å². The van der Waals surface area contributed by atoms with Crippen LogP contribution in [0, 0.1) is 0 Å². The molecule has 4 rings (SSSR count). The van der Waals surface area contributed by atoms with E-state index >= 15 is 0 Å². The average molecular weight is 367 g/mol. The molecule has 2 aliphatic rings. The van der Waals surface area contributed by atoms with Gasteiger partial charge >= 0.3 is 0 Å². The number of methoxy groups -OCH3 is 2. The second kappa shape index (κ2) is 7.49. The Hall–Kier alpha value is -2.11. The fourth-order valence-corrected chi connectivity index (χ4v) is 4.61. The number of nitrogens with two attached hydrogens (primary N) is 1. The Labute approximate surface area is 161 Å². The number of fused-ring (bicyclic) bond motifs is 3. The summed E-state index contributed by atoms with van der Waals surface area (Å²) in [7, 11) is 3.39. The Kier molecular flexibility index (Phi) is 5.06. The summed E-state index contributed by atoms with van der Waals surface area (Å²) in [6, 6.07) is 9.05. The normalized spacial score (nSPS) is 24.8. The molecule has 1 aromatic heterocycles. The van der Waals surface area contributed by atoms with Gasteiger partial charge in [-0.25, -0.2) is 0 Å². The number of aryl methyl sites for hydroxylation is 1. The summed E-state index contributed by atoms with van der Waals surface area (Å²) in [5.74, 6) is 1.89. The Morgan fingerprint density at radius 2 is 1.96 bits per heavy atom. The minimum Gasteiger partial charge on any atom is -0.493 e. The number of nitrogens with zero attached hydrogens (tertiary/aromatic N) is 2. The Bertz CT molecular complexity index is 823. The SMILES string of the molecule is CCc1ccnc([C@H]2CN3CCc4cc(OC)c(OC)cc4[C@@H]3C[C@H]2N)c1. The first-order valence-electron chi connectivity index (χ1n) is 9.83. The molecule has 0 spiro atoms. The van der Waals surface area contributed by atoms with Crippen LogP contribution in [0.4, 0.5) is 0 Å². The maximum Gasteiger partial charge on any atom is 0.161 e. The highest BCUT2D eigenvalue weighted by Crippen LogP contribution is 2.43. The van der Waals surface area contributed by atoms with Crippen molar-refractivity contribution in [2.45, 2.75) is 44.2 Å². The fraction of sp³-hybridized carbons (Fsp3) is 0.500. The third-order valence-electron chi connectivity index (χ3n) is 6.19. The number of rotatable bonds is 4. The lowest BCUT2D eigenvalue weighted by Gasteiger charge is -2.46. The molecule has 144 valence electrons. The smallest absolute Gasteiger partial charge is 0.161 e. The molecule has 0 saturated carbocycles. The van der Waals surface area contributed by atoms with Crippen molar-refractivity contribution in [2.24, 2.45) is 5.73 Å². The van der Waals surface area contributed by atoms with E-state index in [2.05, 4.69) is 41.1 Å². The van der Waals surface area contributed by atoms with Gasteiger partial charge in [0, 0.05) is 43.0 Å². The average Bonchev–Trinajstić information content (AvgIpc) is 2.72. The van der Waals surface area contributed by atoms with Crippen LogP contribution in [0.3, 0.4) is 0 Å². The predicted molar refractivity (Wildman–Crippen MR) is 107 cm³/mol. The molecule has 0 radical (unpaired) electrons. The van der Waals surface area contributed by atoms with Crippen LogP contribution in [-0.4, -0.2) is 43.2 Å². The maximum absolute atomic E-state index is 6.67. The van der Waals surface area contributed by atoms with Gasteiger partial charge in [-0.05, 0) is 60.2 Å². The topological polar surface area (TPSA) is 60.6 Å². The zero-order chi connectivity index (χ0) is 19.0. The number of hydrogen-bond acceptors (Lipinski definition) is 5. The number of aromatic nitrogens is 1. The van der Waals surface area contributed by atoms with Gasteiger partial charge in [0.05, 0.1) is 14.2 Å². The van der Waals surface area contributed by atoms with E-state index in [4.69, 9.17) is 15.2 Å². The molecule has 1 fully saturated rings. The van der Waals surface area contributed by atoms with Crippen LogP contribution in [0.15, 0.2) is 30.5 Å². The first kappa shape index (κ1) is 18.3. The molecule has 1 saturated heterocycles. The molecular weight excluding hydrogens is 338 g/mol. The van der Waals surface area contributed by atoms with E-state index in [0.717, 1.165) is 49.5 Å². The standard InChI is InChI=1S/C22H29N3O2/c1-4-14-5-7-24-19(9-14)17-13-25-8-6-15-10-21(26-2)22(27-3)11-16(15)20(25)12-18(17)23/h5,7,9-11,17-18,20H,4,6,8,12-13,23H2,1-3H3/t17-,18+,20-/m0/s1. The number of piperidine rings is 1. The molecule has 5 nitrogen and oxygen atoms in total. The van der Waals surface area contributed by atoms with E-state index < -0.39 is 0 Å². The lowest BCUT2D eigenvalue weighted by atomic mass is 9.79. The molecule has 2 aliphatic heterocycles. The third-order valence-corrected chi connectivity index (χ3v) is 6.19. The van der Waals surface area contributed by atoms with Crippen LogP contribution in [0.2, 0.25) is 0 Å². The first-order valence-corrected chi connectivity index (χ1v) is 9.83. The van der Waals surface area contributed by atoms with E-state index in [1.807, 2.05) is 6.20 Å². The van der Waals surface area contributed by atoms with Crippen LogP contribution >= 0.6 is 0 Å². The Morgan fingerprint density at radius 1 is 1.19 bits per heavy atom. The maximum atomic E-state index is 6.67. The van der Waals surface area contributed by atoms with Crippen molar-refractivity contribution in [3.8, 4) is 11.5 Å². The van der Waals surface area contributed by atoms with Crippen LogP contribution in [-0.2, 0) is 12.8 Å². The minimum atomic E-state index is 0.102. The summed E-state index contributed by atoms with van der Waals surface area (Å²) < 4.78 is 11.0. The molecule has 0 aliphatic carbocycles. The highest BCUT2D eigenvalue weighted by atomic mass is 16.5. The summed E-state index contributed by atoms with van der Waals surface area (Å²) in [5, 5.41) is 0. The van der Waals surface area contributed by atoms with E-state index in [9.17, 15) is 0 Å². The predicted octanol–water partition coefficient (Wildman–Crippen LogP) is 3.08. The Morgan fingerprint density at radius 3 is 2.70 bits per heavy atom. The van der Waals surface area contributed by atoms with Gasteiger partial charge in [-0.1, -0.05) is 6.92 Å². The van der Waals surface area contributed by atoms with Gasteiger partial charge in [0.2, 0.25) is 0 Å². The zero-order valence-electron chi connectivity index (χ0n) is 16.4. The minimum absolute atomic E-state index is 0.102. The summed E-state index contributed by atoms with van der Waals surface area (Å²) >= 11 is 0. The number of pyridine rings is 1. The number of benzene rings is 1. The summed E-state index contributed by atoms with van der Waals surface area (Å²) in [5.41, 5.74) is 11.8. The third kappa shape index (κ3) is 3.30. The molecule has 2 N–H and O–H groups in total. The highest BCUT2D eigenvalue weighted by Gasteiger charge is 2.39. The van der Waals surface area contributed by atoms with Gasteiger partial charge in [-0.15, -0.1) is 0 Å². The molecule has 0 unspecified atom stereocenters. The van der Waals surface area contributed by atoms with Crippen LogP contribution in [0.1, 0.15) is 47.7 Å². The molecule has 2 aromatic rings. The molecule has 0 bridgehead atoms. The second-order valence-corrected chi connectivity index (χ2v) is 7.62. The largest absolute Gasteiger partial charge is 0.493 e. The van der Waals surface area contributed by atoms with Gasteiger partial charge in [0.25, 0.3) is 0 Å². The highest BCUT2D eigenvalue weighted by molar-refractivity contribution is 5.49. The van der Waals surface area contributed by atoms with E-state index in [1.54, 1.807) is 14.2 Å². The lowest BCUT2D eigenvalue weighted by Crippen LogP contribution is -2.50. The van der Waals surface area contributed by atoms with Crippen molar-refractivity contribution in [1.82, 2.24) is 9.88 Å². The van der Waals surface area contributed by atoms with E-state index in [0.29, 0.717) is 6.04 Å². The quantitative estimate of drug-likeness (QED) is 0.900. The van der Waals surface area contributed by atoms with E-state index in [1.165, 1.54) is 16.7 Å². The van der Waals surface area contributed by atoms with Crippen molar-refractivity contribution in [3.63, 3.8) is 0 Å². The molecule has 3 heterocycles. The Balaban J connectivity index is 1.63. The van der Waals surface area contributed by atoms with Gasteiger partial charge < -0.3 is 15.2 Å². The number of hydrogen-bond donors (Lipinski definition) is 1. The summed E-state index contributed by atoms with van der Waals surface area (Å²) in [6.07, 6.45) is 4.91. The monoisotopic (exact) mass is 367 g/mol. The van der Waals surface area contributed by atoms with Crippen LogP contribution < -0.4 is 15.2 Å². The van der Waals surface area contributed by atoms with Crippen molar-refractivity contribution in [1.29, 1.82) is 0 Å². The first-order chi connectivity index (χ1) is 13.1. The second-order valence-electron chi connectivity index (χ2n) is 7.62. The molecule has 0 amide bonds. The molecule has 3 atom stereocenters. The van der Waals surface area contributed by atoms with Crippen LogP contribution in [0.25, 0.3) is 0 Å². The molecule has 27 heavy (non-hydrogen) atoms. The lowest BCUT2D eigenvalue weighted by molar-refractivity contribution is 0.108. The van der Waals surface area contributed by atoms with Gasteiger partial charge in [-0.2, -0.15) is 0 Å². The summed E-state index contributed by atoms with van der Waals surface area (Å²) in [4.78, 5) is 7.22. The van der Waals surface area contributed by atoms with Crippen molar-refractivity contribution in [3.05, 3.63) is 52.8 Å².